The molecule has 82 valence electrons. The van der Waals surface area contributed by atoms with E-state index in [0.29, 0.717) is 6.04 Å². The molecule has 16 heavy (non-hydrogen) atoms. The van der Waals surface area contributed by atoms with Crippen molar-refractivity contribution in [3.05, 3.63) is 35.1 Å². The summed E-state index contributed by atoms with van der Waals surface area (Å²) in [6.07, 6.45) is 4.67. The Kier molecular flexibility index (Phi) is 2.46. The Bertz CT molecular complexity index is 492. The van der Waals surface area contributed by atoms with E-state index in [1.54, 1.807) is 11.3 Å². The van der Waals surface area contributed by atoms with Crippen molar-refractivity contribution in [3.63, 3.8) is 0 Å². The maximum atomic E-state index is 4.72. The highest BCUT2D eigenvalue weighted by molar-refractivity contribution is 7.15. The molecule has 4 heteroatoms. The Labute approximate surface area is 98.6 Å². The molecule has 3 nitrogen and oxygen atoms in total. The standard InChI is InChI=1S/C12H13N3S/c1-8-6-10-11(7-14-8)16-12(15-10)9-2-4-13-5-3-9/h2-5,8,14H,6-7H2,1H3. The van der Waals surface area contributed by atoms with Gasteiger partial charge >= 0.3 is 0 Å². The molecule has 2 aromatic rings. The molecule has 1 aliphatic rings. The van der Waals surface area contributed by atoms with Crippen LogP contribution < -0.4 is 5.32 Å². The predicted molar refractivity (Wildman–Crippen MR) is 65.4 cm³/mol. The van der Waals surface area contributed by atoms with Crippen molar-refractivity contribution in [2.75, 3.05) is 0 Å². The molecule has 0 bridgehead atoms. The van der Waals surface area contributed by atoms with Gasteiger partial charge < -0.3 is 5.32 Å². The molecule has 1 N–H and O–H groups in total. The fraction of sp³-hybridized carbons (Fsp3) is 0.333. The Morgan fingerprint density at radius 2 is 2.19 bits per heavy atom. The number of pyridine rings is 1. The summed E-state index contributed by atoms with van der Waals surface area (Å²) in [5, 5.41) is 4.58. The van der Waals surface area contributed by atoms with Crippen LogP contribution in [0.5, 0.6) is 0 Å². The Hall–Kier alpha value is -1.26. The summed E-state index contributed by atoms with van der Waals surface area (Å²) in [7, 11) is 0. The second-order valence-electron chi connectivity index (χ2n) is 4.11. The van der Waals surface area contributed by atoms with Gasteiger partial charge in [-0.3, -0.25) is 4.98 Å². The van der Waals surface area contributed by atoms with Crippen LogP contribution in [0.4, 0.5) is 0 Å². The minimum Gasteiger partial charge on any atom is -0.309 e. The summed E-state index contributed by atoms with van der Waals surface area (Å²) in [5.74, 6) is 0. The van der Waals surface area contributed by atoms with Crippen LogP contribution in [0, 0.1) is 0 Å². The van der Waals surface area contributed by atoms with Crippen molar-refractivity contribution in [2.45, 2.75) is 25.9 Å². The number of hydrogen-bond donors (Lipinski definition) is 1. The SMILES string of the molecule is CC1Cc2nc(-c3ccncc3)sc2CN1. The highest BCUT2D eigenvalue weighted by Crippen LogP contribution is 2.30. The largest absolute Gasteiger partial charge is 0.309 e. The Morgan fingerprint density at radius 3 is 3.00 bits per heavy atom. The van der Waals surface area contributed by atoms with Crippen LogP contribution in [0.3, 0.4) is 0 Å². The van der Waals surface area contributed by atoms with Gasteiger partial charge in [-0.05, 0) is 19.1 Å². The third-order valence-corrected chi connectivity index (χ3v) is 3.96. The summed E-state index contributed by atoms with van der Waals surface area (Å²) in [6, 6.07) is 4.57. The van der Waals surface area contributed by atoms with E-state index < -0.39 is 0 Å². The molecule has 1 aliphatic heterocycles. The molecule has 1 atom stereocenters. The summed E-state index contributed by atoms with van der Waals surface area (Å²) >= 11 is 1.79. The van der Waals surface area contributed by atoms with Crippen molar-refractivity contribution >= 4 is 11.3 Å². The zero-order valence-electron chi connectivity index (χ0n) is 9.10. The zero-order chi connectivity index (χ0) is 11.0. The average molecular weight is 231 g/mol. The normalized spacial score (nSPS) is 19.4. The zero-order valence-corrected chi connectivity index (χ0v) is 9.92. The molecule has 3 rings (SSSR count). The molecular formula is C12H13N3S. The van der Waals surface area contributed by atoms with Gasteiger partial charge in [0.15, 0.2) is 0 Å². The first-order chi connectivity index (χ1) is 7.83. The first kappa shape index (κ1) is 9.93. The quantitative estimate of drug-likeness (QED) is 0.818. The fourth-order valence-corrected chi connectivity index (χ4v) is 2.97. The van der Waals surface area contributed by atoms with Crippen LogP contribution in [0.15, 0.2) is 24.5 Å². The van der Waals surface area contributed by atoms with Crippen molar-refractivity contribution in [1.29, 1.82) is 0 Å². The van der Waals surface area contributed by atoms with Crippen molar-refractivity contribution in [2.24, 2.45) is 0 Å². The summed E-state index contributed by atoms with van der Waals surface area (Å²) < 4.78 is 0. The number of rotatable bonds is 1. The van der Waals surface area contributed by atoms with E-state index in [-0.39, 0.29) is 0 Å². The number of fused-ring (bicyclic) bond motifs is 1. The molecule has 0 spiro atoms. The third-order valence-electron chi connectivity index (χ3n) is 2.82. The molecule has 0 amide bonds. The number of nitrogens with one attached hydrogen (secondary N) is 1. The lowest BCUT2D eigenvalue weighted by molar-refractivity contribution is 0.513. The minimum atomic E-state index is 0.542. The minimum absolute atomic E-state index is 0.542. The van der Waals surface area contributed by atoms with Crippen LogP contribution in [0.25, 0.3) is 10.6 Å². The molecule has 3 heterocycles. The van der Waals surface area contributed by atoms with Crippen LogP contribution >= 0.6 is 11.3 Å². The fourth-order valence-electron chi connectivity index (χ4n) is 1.93. The van der Waals surface area contributed by atoms with Crippen molar-refractivity contribution in [3.8, 4) is 10.6 Å². The number of thiazole rings is 1. The first-order valence-electron chi connectivity index (χ1n) is 5.45. The van der Waals surface area contributed by atoms with E-state index in [1.807, 2.05) is 24.5 Å². The van der Waals surface area contributed by atoms with Gasteiger partial charge in [0, 0.05) is 41.8 Å². The summed E-state index contributed by atoms with van der Waals surface area (Å²) in [4.78, 5) is 10.1. The molecule has 0 radical (unpaired) electrons. The highest BCUT2D eigenvalue weighted by atomic mass is 32.1. The van der Waals surface area contributed by atoms with Crippen LogP contribution in [0.1, 0.15) is 17.5 Å². The van der Waals surface area contributed by atoms with Gasteiger partial charge in [0.1, 0.15) is 5.01 Å². The average Bonchev–Trinajstić information content (AvgIpc) is 2.73. The van der Waals surface area contributed by atoms with Gasteiger partial charge in [0.25, 0.3) is 0 Å². The monoisotopic (exact) mass is 231 g/mol. The number of hydrogen-bond acceptors (Lipinski definition) is 4. The van der Waals surface area contributed by atoms with E-state index in [0.717, 1.165) is 18.0 Å². The van der Waals surface area contributed by atoms with E-state index >= 15 is 0 Å². The van der Waals surface area contributed by atoms with Gasteiger partial charge in [0.05, 0.1) is 5.69 Å². The van der Waals surface area contributed by atoms with Crippen LogP contribution in [-0.4, -0.2) is 16.0 Å². The third kappa shape index (κ3) is 1.74. The summed E-state index contributed by atoms with van der Waals surface area (Å²) in [6.45, 7) is 3.16. The van der Waals surface area contributed by atoms with Gasteiger partial charge in [0.2, 0.25) is 0 Å². The second-order valence-corrected chi connectivity index (χ2v) is 5.19. The van der Waals surface area contributed by atoms with Crippen molar-refractivity contribution < 1.29 is 0 Å². The predicted octanol–water partition coefficient (Wildman–Crippen LogP) is 2.24. The summed E-state index contributed by atoms with van der Waals surface area (Å²) in [5.41, 5.74) is 2.44. The lowest BCUT2D eigenvalue weighted by Gasteiger charge is -2.18. The van der Waals surface area contributed by atoms with Gasteiger partial charge in [-0.2, -0.15) is 0 Å². The number of nitrogens with zero attached hydrogens (tertiary/aromatic N) is 2. The highest BCUT2D eigenvalue weighted by Gasteiger charge is 2.19. The maximum Gasteiger partial charge on any atom is 0.124 e. The molecule has 0 aliphatic carbocycles. The molecule has 0 fully saturated rings. The lowest BCUT2D eigenvalue weighted by atomic mass is 10.1. The van der Waals surface area contributed by atoms with E-state index in [9.17, 15) is 0 Å². The van der Waals surface area contributed by atoms with Crippen molar-refractivity contribution in [1.82, 2.24) is 15.3 Å². The van der Waals surface area contributed by atoms with Gasteiger partial charge in [-0.1, -0.05) is 0 Å². The number of aromatic nitrogens is 2. The molecule has 0 saturated heterocycles. The molecular weight excluding hydrogens is 218 g/mol. The van der Waals surface area contributed by atoms with Crippen LogP contribution in [-0.2, 0) is 13.0 Å². The second kappa shape index (κ2) is 3.96. The molecule has 2 aromatic heterocycles. The Balaban J connectivity index is 1.99. The maximum absolute atomic E-state index is 4.72. The first-order valence-corrected chi connectivity index (χ1v) is 6.27. The van der Waals surface area contributed by atoms with E-state index in [4.69, 9.17) is 4.98 Å². The molecule has 1 unspecified atom stereocenters. The van der Waals surface area contributed by atoms with Gasteiger partial charge in [-0.15, -0.1) is 11.3 Å². The topological polar surface area (TPSA) is 37.8 Å². The Morgan fingerprint density at radius 1 is 1.38 bits per heavy atom. The molecule has 0 saturated carbocycles. The molecule has 0 aromatic carbocycles. The van der Waals surface area contributed by atoms with Crippen LogP contribution in [0.2, 0.25) is 0 Å². The van der Waals surface area contributed by atoms with Gasteiger partial charge in [-0.25, -0.2) is 4.98 Å². The smallest absolute Gasteiger partial charge is 0.124 e. The lowest BCUT2D eigenvalue weighted by Crippen LogP contribution is -2.32. The van der Waals surface area contributed by atoms with E-state index in [1.165, 1.54) is 16.1 Å². The van der Waals surface area contributed by atoms with E-state index in [2.05, 4.69) is 17.2 Å².